The Labute approximate surface area is 254 Å². The Balaban J connectivity index is 1.03. The summed E-state index contributed by atoms with van der Waals surface area (Å²) in [7, 11) is 3.95. The van der Waals surface area contributed by atoms with Gasteiger partial charge in [0.05, 0.1) is 25.4 Å². The number of piperazine rings is 1. The molecule has 0 radical (unpaired) electrons. The molecule has 3 aliphatic heterocycles. The summed E-state index contributed by atoms with van der Waals surface area (Å²) < 4.78 is 5.83. The lowest BCUT2D eigenvalue weighted by molar-refractivity contribution is 0.0982. The summed E-state index contributed by atoms with van der Waals surface area (Å²) in [6.07, 6.45) is 4.89. The first-order chi connectivity index (χ1) is 21.1. The predicted molar refractivity (Wildman–Crippen MR) is 172 cm³/mol. The van der Waals surface area contributed by atoms with Crippen molar-refractivity contribution in [3.63, 3.8) is 0 Å². The third kappa shape index (κ3) is 5.98. The standard InChI is InChI=1S/C34H41N7O2/c1-38-16-18-40(19-17-38)28-11-14-39(15-12-28)29-9-10-30(32(22-29)42-2)37-33-23-34(36-24-35-33)41-31(13-20-43-41)27-8-7-25-5-3-4-6-26(25)21-27/h3-10,21-24,28,31H,11-20H2,1-2H3,(H,35,36,37). The summed E-state index contributed by atoms with van der Waals surface area (Å²) in [5.41, 5.74) is 3.29. The Morgan fingerprint density at radius 2 is 1.65 bits per heavy atom. The zero-order valence-electron chi connectivity index (χ0n) is 25.2. The fourth-order valence-electron chi connectivity index (χ4n) is 6.74. The molecule has 0 aliphatic carbocycles. The molecule has 3 aromatic carbocycles. The van der Waals surface area contributed by atoms with E-state index in [2.05, 4.69) is 97.7 Å². The molecule has 4 heterocycles. The van der Waals surface area contributed by atoms with Crippen LogP contribution in [0.15, 0.2) is 73.1 Å². The fourth-order valence-corrected chi connectivity index (χ4v) is 6.74. The number of fused-ring (bicyclic) bond motifs is 1. The molecule has 1 N–H and O–H groups in total. The Morgan fingerprint density at radius 1 is 0.837 bits per heavy atom. The van der Waals surface area contributed by atoms with Crippen LogP contribution >= 0.6 is 0 Å². The number of aromatic nitrogens is 2. The summed E-state index contributed by atoms with van der Waals surface area (Å²) in [4.78, 5) is 22.8. The van der Waals surface area contributed by atoms with Gasteiger partial charge in [0, 0.05) is 69.6 Å². The van der Waals surface area contributed by atoms with Crippen molar-refractivity contribution in [3.05, 3.63) is 78.6 Å². The summed E-state index contributed by atoms with van der Waals surface area (Å²) in [6.45, 7) is 7.51. The summed E-state index contributed by atoms with van der Waals surface area (Å²) >= 11 is 0. The topological polar surface area (TPSA) is 69.2 Å². The molecule has 9 nitrogen and oxygen atoms in total. The first-order valence-electron chi connectivity index (χ1n) is 15.5. The monoisotopic (exact) mass is 579 g/mol. The molecule has 0 bridgehead atoms. The number of rotatable bonds is 7. The van der Waals surface area contributed by atoms with Gasteiger partial charge in [0.1, 0.15) is 17.9 Å². The van der Waals surface area contributed by atoms with Crippen molar-refractivity contribution in [2.24, 2.45) is 0 Å². The van der Waals surface area contributed by atoms with Gasteiger partial charge < -0.3 is 19.9 Å². The van der Waals surface area contributed by atoms with Gasteiger partial charge in [0.2, 0.25) is 0 Å². The number of nitrogens with one attached hydrogen (secondary N) is 1. The lowest BCUT2D eigenvalue weighted by Gasteiger charge is -2.42. The van der Waals surface area contributed by atoms with Crippen LogP contribution in [-0.4, -0.2) is 85.8 Å². The summed E-state index contributed by atoms with van der Waals surface area (Å²) in [5.74, 6) is 2.22. The molecule has 0 saturated carbocycles. The average Bonchev–Trinajstić information content (AvgIpc) is 3.56. The van der Waals surface area contributed by atoms with Crippen LogP contribution in [0.1, 0.15) is 30.9 Å². The van der Waals surface area contributed by atoms with Crippen LogP contribution in [-0.2, 0) is 4.84 Å². The van der Waals surface area contributed by atoms with Crippen molar-refractivity contribution in [1.29, 1.82) is 0 Å². The smallest absolute Gasteiger partial charge is 0.158 e. The number of benzene rings is 3. The summed E-state index contributed by atoms with van der Waals surface area (Å²) in [5, 5.41) is 7.85. The van der Waals surface area contributed by atoms with Crippen molar-refractivity contribution >= 4 is 33.8 Å². The van der Waals surface area contributed by atoms with E-state index in [9.17, 15) is 0 Å². The molecule has 4 aromatic rings. The van der Waals surface area contributed by atoms with Gasteiger partial charge in [-0.05, 0) is 54.4 Å². The number of ether oxygens (including phenoxy) is 1. The number of likely N-dealkylation sites (N-methyl/N-ethyl adjacent to an activating group) is 1. The Hall–Kier alpha value is -3.92. The molecule has 0 spiro atoms. The highest BCUT2D eigenvalue weighted by atomic mass is 16.7. The minimum absolute atomic E-state index is 0.0848. The van der Waals surface area contributed by atoms with Crippen molar-refractivity contribution in [2.75, 3.05) is 75.3 Å². The largest absolute Gasteiger partial charge is 0.494 e. The molecule has 7 rings (SSSR count). The highest BCUT2D eigenvalue weighted by molar-refractivity contribution is 5.83. The second-order valence-electron chi connectivity index (χ2n) is 11.9. The number of hydroxylamine groups is 1. The van der Waals surface area contributed by atoms with Gasteiger partial charge in [-0.1, -0.05) is 36.4 Å². The number of methoxy groups -OCH3 is 1. The Kier molecular flexibility index (Phi) is 8.02. The van der Waals surface area contributed by atoms with Gasteiger partial charge in [-0.25, -0.2) is 15.0 Å². The van der Waals surface area contributed by atoms with E-state index in [-0.39, 0.29) is 6.04 Å². The molecule has 1 aromatic heterocycles. The minimum Gasteiger partial charge on any atom is -0.494 e. The number of anilines is 4. The van der Waals surface area contributed by atoms with Crippen LogP contribution < -0.4 is 20.0 Å². The van der Waals surface area contributed by atoms with Crippen molar-refractivity contribution in [2.45, 2.75) is 31.3 Å². The SMILES string of the molecule is COc1cc(N2CCC(N3CCN(C)CC3)CC2)ccc1Nc1cc(N2OCCC2c2ccc3ccccc3c2)ncn1. The summed E-state index contributed by atoms with van der Waals surface area (Å²) in [6, 6.07) is 24.2. The van der Waals surface area contributed by atoms with E-state index < -0.39 is 0 Å². The average molecular weight is 580 g/mol. The zero-order chi connectivity index (χ0) is 29.2. The van der Waals surface area contributed by atoms with Crippen LogP contribution in [0.3, 0.4) is 0 Å². The third-order valence-electron chi connectivity index (χ3n) is 9.27. The highest BCUT2D eigenvalue weighted by Gasteiger charge is 2.30. The zero-order valence-corrected chi connectivity index (χ0v) is 25.2. The molecule has 1 atom stereocenters. The van der Waals surface area contributed by atoms with E-state index >= 15 is 0 Å². The lowest BCUT2D eigenvalue weighted by Crippen LogP contribution is -2.52. The quantitative estimate of drug-likeness (QED) is 0.307. The van der Waals surface area contributed by atoms with Crippen LogP contribution in [0, 0.1) is 0 Å². The molecule has 1 unspecified atom stereocenters. The maximum absolute atomic E-state index is 6.08. The van der Waals surface area contributed by atoms with Crippen molar-refractivity contribution in [1.82, 2.24) is 19.8 Å². The predicted octanol–water partition coefficient (Wildman–Crippen LogP) is 5.48. The van der Waals surface area contributed by atoms with Gasteiger partial charge in [-0.2, -0.15) is 0 Å². The van der Waals surface area contributed by atoms with E-state index in [1.165, 1.54) is 61.0 Å². The third-order valence-corrected chi connectivity index (χ3v) is 9.27. The number of nitrogens with zero attached hydrogens (tertiary/aromatic N) is 6. The molecule has 43 heavy (non-hydrogen) atoms. The van der Waals surface area contributed by atoms with Crippen LogP contribution in [0.4, 0.5) is 23.0 Å². The van der Waals surface area contributed by atoms with Gasteiger partial charge in [0.15, 0.2) is 5.82 Å². The van der Waals surface area contributed by atoms with Gasteiger partial charge >= 0.3 is 0 Å². The van der Waals surface area contributed by atoms with Crippen molar-refractivity contribution in [3.8, 4) is 5.75 Å². The van der Waals surface area contributed by atoms with Crippen molar-refractivity contribution < 1.29 is 9.57 Å². The first kappa shape index (κ1) is 27.9. The second-order valence-corrected chi connectivity index (χ2v) is 11.9. The first-order valence-corrected chi connectivity index (χ1v) is 15.5. The van der Waals surface area contributed by atoms with E-state index in [1.54, 1.807) is 13.4 Å². The second kappa shape index (κ2) is 12.4. The number of piperidine rings is 1. The molecular formula is C34H41N7O2. The minimum atomic E-state index is 0.0848. The fraction of sp³-hybridized carbons (Fsp3) is 0.412. The molecule has 3 aliphatic rings. The maximum atomic E-state index is 6.08. The van der Waals surface area contributed by atoms with E-state index in [4.69, 9.17) is 9.57 Å². The number of hydrogen-bond donors (Lipinski definition) is 1. The highest BCUT2D eigenvalue weighted by Crippen LogP contribution is 2.37. The molecule has 0 amide bonds. The van der Waals surface area contributed by atoms with E-state index in [1.807, 2.05) is 11.1 Å². The molecule has 3 fully saturated rings. The molecule has 224 valence electrons. The van der Waals surface area contributed by atoms with Crippen LogP contribution in [0.5, 0.6) is 5.75 Å². The molecule has 3 saturated heterocycles. The number of hydrogen-bond acceptors (Lipinski definition) is 9. The maximum Gasteiger partial charge on any atom is 0.158 e. The van der Waals surface area contributed by atoms with Gasteiger partial charge in [-0.3, -0.25) is 9.74 Å². The van der Waals surface area contributed by atoms with Crippen LogP contribution in [0.2, 0.25) is 0 Å². The Bertz CT molecular complexity index is 1550. The normalized spacial score (nSPS) is 20.6. The van der Waals surface area contributed by atoms with Crippen LogP contribution in [0.25, 0.3) is 10.8 Å². The Morgan fingerprint density at radius 3 is 2.47 bits per heavy atom. The van der Waals surface area contributed by atoms with E-state index in [0.29, 0.717) is 18.5 Å². The van der Waals surface area contributed by atoms with Gasteiger partial charge in [-0.15, -0.1) is 0 Å². The molecular weight excluding hydrogens is 538 g/mol. The molecule has 9 heteroatoms. The lowest BCUT2D eigenvalue weighted by atomic mass is 10.0. The van der Waals surface area contributed by atoms with Gasteiger partial charge in [0.25, 0.3) is 0 Å². The van der Waals surface area contributed by atoms with E-state index in [0.717, 1.165) is 36.8 Å².